The molecule has 0 aromatic rings. The van der Waals surface area contributed by atoms with Crippen LogP contribution < -0.4 is 4.89 Å². The minimum Gasteiger partial charge on any atom is -0.749 e. The van der Waals surface area contributed by atoms with E-state index in [2.05, 4.69) is 18.8 Å². The van der Waals surface area contributed by atoms with Crippen LogP contribution in [-0.4, -0.2) is 18.8 Å². The fraction of sp³-hybridized carbons (Fsp3) is 1.00. The van der Waals surface area contributed by atoms with Crippen molar-refractivity contribution in [3.8, 4) is 0 Å². The quantitative estimate of drug-likeness (QED) is 0.374. The summed E-state index contributed by atoms with van der Waals surface area (Å²) in [4.78, 5) is 8.33. The summed E-state index contributed by atoms with van der Waals surface area (Å²) in [6.07, 6.45) is 6.55. The second kappa shape index (κ2) is 6.46. The van der Waals surface area contributed by atoms with Crippen LogP contribution in [0.15, 0.2) is 0 Å². The Labute approximate surface area is 65.8 Å². The molecule has 0 atom stereocenters. The minimum absolute atomic E-state index is 0.594. The molecule has 64 valence electrons. The highest BCUT2D eigenvalue weighted by Gasteiger charge is 1.92. The van der Waals surface area contributed by atoms with E-state index in [1.165, 1.54) is 0 Å². The van der Waals surface area contributed by atoms with Gasteiger partial charge in [0.1, 0.15) is 12.5 Å². The normalized spacial score (nSPS) is 10.7. The molecule has 0 amide bonds. The van der Waals surface area contributed by atoms with Crippen molar-refractivity contribution in [3.63, 3.8) is 0 Å². The van der Waals surface area contributed by atoms with Crippen molar-refractivity contribution in [2.75, 3.05) is 18.8 Å². The largest absolute Gasteiger partial charge is 0.749 e. The maximum Gasteiger partial charge on any atom is 0.345 e. The lowest BCUT2D eigenvalue weighted by Gasteiger charge is -1.93. The van der Waals surface area contributed by atoms with Crippen LogP contribution in [0.2, 0.25) is 0 Å². The van der Waals surface area contributed by atoms with Crippen LogP contribution in [0.25, 0.3) is 0 Å². The van der Waals surface area contributed by atoms with Gasteiger partial charge < -0.3 is 4.89 Å². The molecule has 0 rings (SSSR count). The molecule has 0 bridgehead atoms. The summed E-state index contributed by atoms with van der Waals surface area (Å²) < 4.78 is 28.4. The summed E-state index contributed by atoms with van der Waals surface area (Å²) in [5.41, 5.74) is 0. The van der Waals surface area contributed by atoms with E-state index in [4.69, 9.17) is 9.46 Å². The lowest BCUT2D eigenvalue weighted by molar-refractivity contribution is -0.198. The van der Waals surface area contributed by atoms with Crippen LogP contribution >= 0.6 is 18.8 Å². The van der Waals surface area contributed by atoms with Gasteiger partial charge in [-0.15, -0.1) is 0 Å². The van der Waals surface area contributed by atoms with Crippen LogP contribution in [0.4, 0.5) is 8.39 Å². The molecule has 0 aromatic heterocycles. The third-order valence-corrected chi connectivity index (χ3v) is 3.00. The average molecular weight is 210 g/mol. The van der Waals surface area contributed by atoms with E-state index in [0.29, 0.717) is 9.93 Å². The van der Waals surface area contributed by atoms with Crippen molar-refractivity contribution in [3.05, 3.63) is 0 Å². The summed E-state index contributed by atoms with van der Waals surface area (Å²) in [6, 6.07) is 0. The number of hydrogen-bond donors (Lipinski definition) is 0. The monoisotopic (exact) mass is 210 g/mol. The zero-order chi connectivity index (χ0) is 8.78. The van der Waals surface area contributed by atoms with Crippen molar-refractivity contribution in [1.29, 1.82) is 0 Å². The highest BCUT2D eigenvalue weighted by Crippen LogP contribution is 2.37. The summed E-state index contributed by atoms with van der Waals surface area (Å²) in [5, 5.41) is 0. The van der Waals surface area contributed by atoms with Gasteiger partial charge in [0, 0.05) is 6.26 Å². The lowest BCUT2D eigenvalue weighted by atomic mass is 11.9. The Kier molecular flexibility index (Phi) is 8.62. The Morgan fingerprint density at radius 3 is 1.60 bits per heavy atom. The Hall–Kier alpha value is 0.750. The summed E-state index contributed by atoms with van der Waals surface area (Å²) >= 11 is 0. The second-order valence-electron chi connectivity index (χ2n) is 1.32. The van der Waals surface area contributed by atoms with Crippen molar-refractivity contribution in [1.82, 2.24) is 0 Å². The van der Waals surface area contributed by atoms with E-state index in [1.807, 2.05) is 10.8 Å². The van der Waals surface area contributed by atoms with Crippen LogP contribution in [0.3, 0.4) is 0 Å². The van der Waals surface area contributed by atoms with Crippen molar-refractivity contribution < 1.29 is 17.9 Å². The summed E-state index contributed by atoms with van der Waals surface area (Å²) in [6.45, 7) is 0. The molecule has 0 aliphatic heterocycles. The lowest BCUT2D eigenvalue weighted by Crippen LogP contribution is -1.84. The van der Waals surface area contributed by atoms with E-state index < -0.39 is 7.99 Å². The second-order valence-corrected chi connectivity index (χ2v) is 6.97. The highest BCUT2D eigenvalue weighted by atomic mass is 33.1. The molecule has 0 aromatic carbocycles. The van der Waals surface area contributed by atoms with Gasteiger partial charge in [-0.1, -0.05) is 0 Å². The third kappa shape index (κ3) is 69.5. The molecule has 0 aliphatic carbocycles. The van der Waals surface area contributed by atoms with Gasteiger partial charge in [0.15, 0.2) is 0 Å². The smallest absolute Gasteiger partial charge is 0.345 e. The molecule has 7 heteroatoms. The van der Waals surface area contributed by atoms with Gasteiger partial charge in [-0.25, -0.2) is 0 Å². The standard InChI is InChI=1S/C3H9S2.F2HO2P/c1-4-5(2)3;1-5(2,3)4/h1-3H3;(H,3,4)/q+1;/p-1. The molecule has 0 fully saturated rings. The molecule has 0 heterocycles. The van der Waals surface area contributed by atoms with Crippen LogP contribution in [0, 0.1) is 0 Å². The van der Waals surface area contributed by atoms with Gasteiger partial charge in [0.25, 0.3) is 0 Å². The van der Waals surface area contributed by atoms with E-state index >= 15 is 0 Å². The first kappa shape index (κ1) is 13.3. The van der Waals surface area contributed by atoms with E-state index in [1.54, 1.807) is 0 Å². The first-order valence-electron chi connectivity index (χ1n) is 2.09. The molecular weight excluding hydrogens is 201 g/mol. The SMILES string of the molecule is CS[S+](C)C.O=P([O-])(F)F. The van der Waals surface area contributed by atoms with Crippen LogP contribution in [0.5, 0.6) is 0 Å². The third-order valence-electron chi connectivity index (χ3n) is 0.333. The fourth-order valence-electron chi connectivity index (χ4n) is 0. The first-order chi connectivity index (χ1) is 4.27. The molecule has 0 aliphatic rings. The minimum atomic E-state index is -5.89. The predicted octanol–water partition coefficient (Wildman–Crippen LogP) is 1.54. The first-order valence-corrected chi connectivity index (χ1v) is 7.28. The molecule has 10 heavy (non-hydrogen) atoms. The Bertz CT molecular complexity index is 107. The Balaban J connectivity index is 0. The maximum atomic E-state index is 10.0. The number of rotatable bonds is 1. The molecule has 0 N–H and O–H groups in total. The van der Waals surface area contributed by atoms with Gasteiger partial charge in [-0.05, 0) is 0 Å². The molecular formula is C3H9F2O2PS2. The molecule has 0 saturated heterocycles. The zero-order valence-corrected chi connectivity index (χ0v) is 8.36. The van der Waals surface area contributed by atoms with Crippen molar-refractivity contribution in [2.24, 2.45) is 0 Å². The Morgan fingerprint density at radius 1 is 1.50 bits per heavy atom. The van der Waals surface area contributed by atoms with E-state index in [0.717, 1.165) is 0 Å². The molecule has 2 nitrogen and oxygen atoms in total. The van der Waals surface area contributed by atoms with E-state index in [9.17, 15) is 8.39 Å². The molecule has 0 saturated carbocycles. The molecule has 0 unspecified atom stereocenters. The van der Waals surface area contributed by atoms with Crippen LogP contribution in [0.1, 0.15) is 0 Å². The van der Waals surface area contributed by atoms with Crippen molar-refractivity contribution >= 4 is 28.7 Å². The van der Waals surface area contributed by atoms with Gasteiger partial charge in [0.2, 0.25) is 0 Å². The highest BCUT2D eigenvalue weighted by molar-refractivity contribution is 8.73. The topological polar surface area (TPSA) is 40.1 Å². The number of halogens is 2. The number of hydrogen-bond acceptors (Lipinski definition) is 3. The molecule has 0 radical (unpaired) electrons. The van der Waals surface area contributed by atoms with Gasteiger partial charge in [0.05, 0.1) is 20.7 Å². The average Bonchev–Trinajstić information content (AvgIpc) is 1.61. The summed E-state index contributed by atoms with van der Waals surface area (Å²) in [5.74, 6) is 0. The maximum absolute atomic E-state index is 10.0. The zero-order valence-electron chi connectivity index (χ0n) is 5.84. The fourth-order valence-corrected chi connectivity index (χ4v) is 0. The van der Waals surface area contributed by atoms with Crippen molar-refractivity contribution in [2.45, 2.75) is 0 Å². The predicted molar refractivity (Wildman–Crippen MR) is 42.6 cm³/mol. The van der Waals surface area contributed by atoms with Gasteiger partial charge in [-0.2, -0.15) is 8.39 Å². The van der Waals surface area contributed by atoms with Gasteiger partial charge >= 0.3 is 7.99 Å². The van der Waals surface area contributed by atoms with Gasteiger partial charge in [-0.3, -0.25) is 4.57 Å². The summed E-state index contributed by atoms with van der Waals surface area (Å²) in [7, 11) is -3.39. The molecule has 0 spiro atoms. The van der Waals surface area contributed by atoms with Crippen LogP contribution in [-0.2, 0) is 14.5 Å². The van der Waals surface area contributed by atoms with E-state index in [-0.39, 0.29) is 0 Å². The Morgan fingerprint density at radius 2 is 1.60 bits per heavy atom.